The first kappa shape index (κ1) is 13.8. The third-order valence-electron chi connectivity index (χ3n) is 2.02. The maximum absolute atomic E-state index is 9.82. The van der Waals surface area contributed by atoms with E-state index in [2.05, 4.69) is 0 Å². The topological polar surface area (TPSA) is 63.9 Å². The lowest BCUT2D eigenvalue weighted by molar-refractivity contribution is -0.257. The average molecular weight is 205 g/mol. The van der Waals surface area contributed by atoms with Gasteiger partial charge in [-0.25, -0.2) is 4.90 Å². The number of rotatable bonds is 5. The highest BCUT2D eigenvalue weighted by molar-refractivity contribution is 4.80. The molecule has 0 aromatic rings. The van der Waals surface area contributed by atoms with Crippen molar-refractivity contribution in [1.29, 1.82) is 0 Å². The maximum Gasteiger partial charge on any atom is 0.117 e. The highest BCUT2D eigenvalue weighted by Gasteiger charge is 2.39. The van der Waals surface area contributed by atoms with E-state index >= 15 is 0 Å². The van der Waals surface area contributed by atoms with E-state index in [-0.39, 0.29) is 0 Å². The summed E-state index contributed by atoms with van der Waals surface area (Å²) in [6.07, 6.45) is 0.484. The van der Waals surface area contributed by atoms with Crippen molar-refractivity contribution in [1.82, 2.24) is 4.90 Å². The monoisotopic (exact) mass is 205 g/mol. The van der Waals surface area contributed by atoms with E-state index in [4.69, 9.17) is 0 Å². The molecule has 86 valence electrons. The van der Waals surface area contributed by atoms with Crippen LogP contribution in [0.5, 0.6) is 0 Å². The first-order valence-corrected chi connectivity index (χ1v) is 5.03. The van der Waals surface area contributed by atoms with Gasteiger partial charge in [-0.1, -0.05) is 13.3 Å². The molecule has 0 aromatic carbocycles. The van der Waals surface area contributed by atoms with Gasteiger partial charge >= 0.3 is 0 Å². The van der Waals surface area contributed by atoms with Gasteiger partial charge in [0.15, 0.2) is 0 Å². The molecule has 0 aliphatic carbocycles. The minimum atomic E-state index is -1.24. The van der Waals surface area contributed by atoms with Crippen LogP contribution < -0.4 is 0 Å². The predicted octanol–water partition coefficient (Wildman–Crippen LogP) is 0.864. The van der Waals surface area contributed by atoms with Crippen molar-refractivity contribution in [2.45, 2.75) is 65.1 Å². The van der Waals surface area contributed by atoms with Crippen LogP contribution in [0.25, 0.3) is 0 Å². The number of nitrogens with zero attached hydrogens (tertiary/aromatic N) is 1. The molecular weight excluding hydrogens is 182 g/mol. The highest BCUT2D eigenvalue weighted by atomic mass is 16.4. The van der Waals surface area contributed by atoms with E-state index in [1.54, 1.807) is 27.7 Å². The Labute approximate surface area is 86.2 Å². The normalized spacial score (nSPS) is 16.1. The van der Waals surface area contributed by atoms with Gasteiger partial charge in [0, 0.05) is 0 Å². The predicted molar refractivity (Wildman–Crippen MR) is 55.3 cm³/mol. The summed E-state index contributed by atoms with van der Waals surface area (Å²) >= 11 is 0. The molecular formula is C10H23NO3. The summed E-state index contributed by atoms with van der Waals surface area (Å²) in [5.41, 5.74) is -2.49. The number of hydrogen-bond donors (Lipinski definition) is 3. The fourth-order valence-corrected chi connectivity index (χ4v) is 1.79. The summed E-state index contributed by atoms with van der Waals surface area (Å²) < 4.78 is 0. The molecule has 0 aromatic heterocycles. The van der Waals surface area contributed by atoms with Crippen LogP contribution in [0.15, 0.2) is 0 Å². The lowest BCUT2D eigenvalue weighted by atomic mass is 10.1. The van der Waals surface area contributed by atoms with Crippen LogP contribution >= 0.6 is 0 Å². The largest absolute Gasteiger partial charge is 0.378 e. The van der Waals surface area contributed by atoms with Crippen molar-refractivity contribution in [2.24, 2.45) is 0 Å². The van der Waals surface area contributed by atoms with Gasteiger partial charge in [0.05, 0.1) is 0 Å². The Morgan fingerprint density at radius 1 is 1.07 bits per heavy atom. The molecule has 0 heterocycles. The van der Waals surface area contributed by atoms with Crippen LogP contribution in [0.2, 0.25) is 0 Å². The van der Waals surface area contributed by atoms with Gasteiger partial charge in [-0.05, 0) is 34.1 Å². The molecule has 0 bridgehead atoms. The maximum atomic E-state index is 9.82. The van der Waals surface area contributed by atoms with Crippen LogP contribution in [0.1, 0.15) is 47.5 Å². The van der Waals surface area contributed by atoms with E-state index in [9.17, 15) is 15.3 Å². The summed E-state index contributed by atoms with van der Waals surface area (Å²) in [6.45, 7) is 8.12. The second-order valence-electron chi connectivity index (χ2n) is 4.63. The van der Waals surface area contributed by atoms with E-state index < -0.39 is 17.7 Å². The third kappa shape index (κ3) is 3.92. The average Bonchev–Trinajstić information content (AvgIpc) is 1.78. The smallest absolute Gasteiger partial charge is 0.117 e. The molecule has 0 aliphatic rings. The molecule has 0 fully saturated rings. The van der Waals surface area contributed by atoms with Gasteiger partial charge in [-0.3, -0.25) is 0 Å². The van der Waals surface area contributed by atoms with Gasteiger partial charge in [0.2, 0.25) is 0 Å². The van der Waals surface area contributed by atoms with Crippen molar-refractivity contribution >= 4 is 0 Å². The van der Waals surface area contributed by atoms with Crippen molar-refractivity contribution in [3.05, 3.63) is 0 Å². The zero-order chi connectivity index (χ0) is 11.6. The van der Waals surface area contributed by atoms with Gasteiger partial charge in [0.1, 0.15) is 17.7 Å². The molecule has 1 atom stereocenters. The summed E-state index contributed by atoms with van der Waals surface area (Å²) in [7, 11) is 0. The second kappa shape index (κ2) is 4.57. The minimum absolute atomic E-state index is 0.522. The fourth-order valence-electron chi connectivity index (χ4n) is 1.79. The molecule has 0 amide bonds. The lowest BCUT2D eigenvalue weighted by Crippen LogP contribution is -2.60. The van der Waals surface area contributed by atoms with E-state index in [1.165, 1.54) is 4.90 Å². The van der Waals surface area contributed by atoms with Gasteiger partial charge in [-0.15, -0.1) is 0 Å². The molecule has 1 unspecified atom stereocenters. The lowest BCUT2D eigenvalue weighted by Gasteiger charge is -2.45. The molecule has 14 heavy (non-hydrogen) atoms. The Morgan fingerprint density at radius 2 is 1.43 bits per heavy atom. The summed E-state index contributed by atoms with van der Waals surface area (Å²) in [5.74, 6) is 0. The molecule has 0 aliphatic heterocycles. The van der Waals surface area contributed by atoms with E-state index in [0.29, 0.717) is 6.42 Å². The molecule has 4 nitrogen and oxygen atoms in total. The summed E-state index contributed by atoms with van der Waals surface area (Å²) in [6, 6.07) is 0. The molecule has 3 N–H and O–H groups in total. The number of aliphatic hydroxyl groups is 3. The van der Waals surface area contributed by atoms with Crippen LogP contribution in [-0.2, 0) is 0 Å². The first-order valence-electron chi connectivity index (χ1n) is 5.03. The highest BCUT2D eigenvalue weighted by Crippen LogP contribution is 2.25. The molecule has 0 rings (SSSR count). The van der Waals surface area contributed by atoms with Crippen molar-refractivity contribution < 1.29 is 15.3 Å². The molecule has 4 heteroatoms. The van der Waals surface area contributed by atoms with Crippen molar-refractivity contribution in [3.8, 4) is 0 Å². The molecule has 0 saturated heterocycles. The Hall–Kier alpha value is -0.160. The molecule has 0 saturated carbocycles. The zero-order valence-corrected chi connectivity index (χ0v) is 9.78. The van der Waals surface area contributed by atoms with Gasteiger partial charge in [-0.2, -0.15) is 0 Å². The molecule has 0 spiro atoms. The minimum Gasteiger partial charge on any atom is -0.378 e. The third-order valence-corrected chi connectivity index (χ3v) is 2.02. The molecule has 0 radical (unpaired) electrons. The van der Waals surface area contributed by atoms with Crippen LogP contribution in [0.3, 0.4) is 0 Å². The standard InChI is InChI=1S/C10H23NO3/c1-6-7-8(12)11(9(2,3)13)10(4,5)14/h8,12-14H,6-7H2,1-5H3. The van der Waals surface area contributed by atoms with Crippen molar-refractivity contribution in [2.75, 3.05) is 0 Å². The van der Waals surface area contributed by atoms with Crippen LogP contribution in [-0.4, -0.2) is 37.9 Å². The Bertz CT molecular complexity index is 155. The van der Waals surface area contributed by atoms with Crippen LogP contribution in [0.4, 0.5) is 0 Å². The SMILES string of the molecule is CCCC(O)N(C(C)(C)O)C(C)(C)O. The Balaban J connectivity index is 4.74. The fraction of sp³-hybridized carbons (Fsp3) is 1.00. The van der Waals surface area contributed by atoms with Crippen LogP contribution in [0, 0.1) is 0 Å². The van der Waals surface area contributed by atoms with Gasteiger partial charge in [0.25, 0.3) is 0 Å². The summed E-state index contributed by atoms with van der Waals surface area (Å²) in [4.78, 5) is 1.30. The number of hydrogen-bond acceptors (Lipinski definition) is 4. The van der Waals surface area contributed by atoms with Crippen molar-refractivity contribution in [3.63, 3.8) is 0 Å². The zero-order valence-electron chi connectivity index (χ0n) is 9.78. The first-order chi connectivity index (χ1) is 6.10. The summed E-state index contributed by atoms with van der Waals surface area (Å²) in [5, 5.41) is 29.4. The quantitative estimate of drug-likeness (QED) is 0.583. The Morgan fingerprint density at radius 3 is 1.64 bits per heavy atom. The number of aliphatic hydroxyl groups excluding tert-OH is 1. The Kier molecular flexibility index (Phi) is 4.52. The van der Waals surface area contributed by atoms with E-state index in [0.717, 1.165) is 6.42 Å². The van der Waals surface area contributed by atoms with Gasteiger partial charge < -0.3 is 15.3 Å². The van der Waals surface area contributed by atoms with E-state index in [1.807, 2.05) is 6.92 Å². The second-order valence-corrected chi connectivity index (χ2v) is 4.63.